The number of aromatic nitrogens is 2. The van der Waals surface area contributed by atoms with Crippen molar-refractivity contribution in [2.75, 3.05) is 24.2 Å². The molecular formula is C23H30N4O4S. The SMILES string of the molecule is Cc1noc(C)c1-c1cc(S(=O)(=O)CC2CCCC2)c2cc(NCCCN)c(=O)[nH]c2c1. The maximum Gasteiger partial charge on any atom is 0.271 e. The highest BCUT2D eigenvalue weighted by atomic mass is 32.2. The molecule has 1 aliphatic carbocycles. The molecule has 4 rings (SSSR count). The van der Waals surface area contributed by atoms with Crippen molar-refractivity contribution in [3.8, 4) is 11.1 Å². The van der Waals surface area contributed by atoms with E-state index < -0.39 is 9.84 Å². The summed E-state index contributed by atoms with van der Waals surface area (Å²) in [7, 11) is -3.59. The van der Waals surface area contributed by atoms with E-state index in [0.717, 1.165) is 31.2 Å². The number of anilines is 1. The Labute approximate surface area is 187 Å². The second-order valence-corrected chi connectivity index (χ2v) is 10.7. The zero-order valence-corrected chi connectivity index (χ0v) is 19.3. The molecule has 4 N–H and O–H groups in total. The summed E-state index contributed by atoms with van der Waals surface area (Å²) in [6, 6.07) is 5.13. The molecule has 1 aromatic carbocycles. The van der Waals surface area contributed by atoms with Crippen LogP contribution in [0.1, 0.15) is 43.6 Å². The average molecular weight is 459 g/mol. The third-order valence-corrected chi connectivity index (χ3v) is 8.13. The molecule has 1 saturated carbocycles. The van der Waals surface area contributed by atoms with E-state index in [1.165, 1.54) is 0 Å². The minimum atomic E-state index is -3.59. The van der Waals surface area contributed by atoms with Gasteiger partial charge in [-0.3, -0.25) is 4.79 Å². The van der Waals surface area contributed by atoms with Crippen LogP contribution in [-0.2, 0) is 9.84 Å². The monoisotopic (exact) mass is 458 g/mol. The van der Waals surface area contributed by atoms with Gasteiger partial charge in [-0.25, -0.2) is 8.42 Å². The van der Waals surface area contributed by atoms with E-state index in [1.54, 1.807) is 25.1 Å². The number of fused-ring (bicyclic) bond motifs is 1. The van der Waals surface area contributed by atoms with Crippen LogP contribution < -0.4 is 16.6 Å². The molecule has 0 saturated heterocycles. The Balaban J connectivity index is 1.90. The van der Waals surface area contributed by atoms with E-state index in [0.29, 0.717) is 53.1 Å². The summed E-state index contributed by atoms with van der Waals surface area (Å²) in [5.41, 5.74) is 8.14. The fourth-order valence-corrected chi connectivity index (χ4v) is 6.55. The van der Waals surface area contributed by atoms with Gasteiger partial charge < -0.3 is 20.6 Å². The lowest BCUT2D eigenvalue weighted by Crippen LogP contribution is -2.18. The number of aryl methyl sites for hydroxylation is 2. The van der Waals surface area contributed by atoms with E-state index in [4.69, 9.17) is 10.3 Å². The number of hydrogen-bond acceptors (Lipinski definition) is 7. The van der Waals surface area contributed by atoms with E-state index in [-0.39, 0.29) is 22.1 Å². The van der Waals surface area contributed by atoms with Crippen LogP contribution in [0.3, 0.4) is 0 Å². The van der Waals surface area contributed by atoms with Gasteiger partial charge in [-0.1, -0.05) is 18.0 Å². The first-order valence-corrected chi connectivity index (χ1v) is 12.8. The van der Waals surface area contributed by atoms with Crippen LogP contribution in [0.15, 0.2) is 32.4 Å². The Morgan fingerprint density at radius 3 is 2.62 bits per heavy atom. The van der Waals surface area contributed by atoms with Crippen LogP contribution in [-0.4, -0.2) is 37.4 Å². The van der Waals surface area contributed by atoms with Crippen LogP contribution in [0.2, 0.25) is 0 Å². The van der Waals surface area contributed by atoms with Crippen molar-refractivity contribution < 1.29 is 12.9 Å². The van der Waals surface area contributed by atoms with Gasteiger partial charge in [-0.15, -0.1) is 0 Å². The average Bonchev–Trinajstić information content (AvgIpc) is 3.36. The first-order chi connectivity index (χ1) is 15.3. The fraction of sp³-hybridized carbons (Fsp3) is 0.478. The van der Waals surface area contributed by atoms with E-state index in [2.05, 4.69) is 15.5 Å². The van der Waals surface area contributed by atoms with Gasteiger partial charge in [0.25, 0.3) is 5.56 Å². The molecule has 0 bridgehead atoms. The Kier molecular flexibility index (Phi) is 6.39. The molecule has 0 unspecified atom stereocenters. The third kappa shape index (κ3) is 4.45. The maximum absolute atomic E-state index is 13.6. The summed E-state index contributed by atoms with van der Waals surface area (Å²) in [5.74, 6) is 0.883. The number of pyridine rings is 1. The Morgan fingerprint density at radius 2 is 1.97 bits per heavy atom. The van der Waals surface area contributed by atoms with Gasteiger partial charge in [-0.2, -0.15) is 0 Å². The lowest BCUT2D eigenvalue weighted by atomic mass is 10.0. The fourth-order valence-electron chi connectivity index (χ4n) is 4.61. The minimum absolute atomic E-state index is 0.113. The number of benzene rings is 1. The second kappa shape index (κ2) is 9.07. The first-order valence-electron chi connectivity index (χ1n) is 11.1. The van der Waals surface area contributed by atoms with Crippen molar-refractivity contribution in [1.82, 2.24) is 10.1 Å². The Hall–Kier alpha value is -2.65. The number of nitrogens with two attached hydrogens (primary N) is 1. The van der Waals surface area contributed by atoms with Crippen molar-refractivity contribution >= 4 is 26.4 Å². The zero-order chi connectivity index (χ0) is 22.9. The van der Waals surface area contributed by atoms with Crippen LogP contribution in [0.25, 0.3) is 22.0 Å². The molecule has 0 atom stereocenters. The number of hydrogen-bond donors (Lipinski definition) is 3. The normalized spacial score (nSPS) is 15.0. The number of nitrogens with one attached hydrogen (secondary N) is 2. The van der Waals surface area contributed by atoms with Gasteiger partial charge in [0.15, 0.2) is 9.84 Å². The summed E-state index contributed by atoms with van der Waals surface area (Å²) >= 11 is 0. The highest BCUT2D eigenvalue weighted by molar-refractivity contribution is 7.91. The first kappa shape index (κ1) is 22.5. The van der Waals surface area contributed by atoms with Crippen LogP contribution in [0.4, 0.5) is 5.69 Å². The molecule has 32 heavy (non-hydrogen) atoms. The maximum atomic E-state index is 13.6. The standard InChI is InChI=1S/C23H30N4O4S/c1-14-22(15(2)31-27-14)17-10-19-18(12-20(23(28)26-19)25-9-5-8-24)21(11-17)32(29,30)13-16-6-3-4-7-16/h10-12,16,25H,3-9,13,24H2,1-2H3,(H,26,28). The summed E-state index contributed by atoms with van der Waals surface area (Å²) in [5, 5.41) is 7.59. The number of sulfone groups is 1. The lowest BCUT2D eigenvalue weighted by Gasteiger charge is -2.15. The van der Waals surface area contributed by atoms with Gasteiger partial charge in [0.05, 0.1) is 21.9 Å². The number of aromatic amines is 1. The topological polar surface area (TPSA) is 131 Å². The molecule has 0 aliphatic heterocycles. The smallest absolute Gasteiger partial charge is 0.271 e. The summed E-state index contributed by atoms with van der Waals surface area (Å²) < 4.78 is 32.5. The van der Waals surface area contributed by atoms with E-state index in [9.17, 15) is 13.2 Å². The second-order valence-electron chi connectivity index (χ2n) is 8.65. The predicted octanol–water partition coefficient (Wildman–Crippen LogP) is 3.52. The molecule has 8 nitrogen and oxygen atoms in total. The summed E-state index contributed by atoms with van der Waals surface area (Å²) in [6.45, 7) is 4.64. The zero-order valence-electron chi connectivity index (χ0n) is 18.5. The van der Waals surface area contributed by atoms with E-state index >= 15 is 0 Å². The number of H-pyrrole nitrogens is 1. The van der Waals surface area contributed by atoms with Crippen LogP contribution in [0.5, 0.6) is 0 Å². The molecule has 172 valence electrons. The molecule has 0 radical (unpaired) electrons. The summed E-state index contributed by atoms with van der Waals surface area (Å²) in [6.07, 6.45) is 4.72. The predicted molar refractivity (Wildman–Crippen MR) is 126 cm³/mol. The highest BCUT2D eigenvalue weighted by Gasteiger charge is 2.27. The van der Waals surface area contributed by atoms with Crippen molar-refractivity contribution in [2.24, 2.45) is 11.7 Å². The molecule has 1 fully saturated rings. The highest BCUT2D eigenvalue weighted by Crippen LogP contribution is 2.35. The number of nitrogens with zero attached hydrogens (tertiary/aromatic N) is 1. The molecule has 9 heteroatoms. The molecular weight excluding hydrogens is 428 g/mol. The summed E-state index contributed by atoms with van der Waals surface area (Å²) in [4.78, 5) is 15.8. The van der Waals surface area contributed by atoms with Crippen molar-refractivity contribution in [2.45, 2.75) is 50.8 Å². The third-order valence-electron chi connectivity index (χ3n) is 6.21. The quantitative estimate of drug-likeness (QED) is 0.440. The number of rotatable bonds is 8. The van der Waals surface area contributed by atoms with Gasteiger partial charge in [0, 0.05) is 17.5 Å². The van der Waals surface area contributed by atoms with Gasteiger partial charge in [0.2, 0.25) is 0 Å². The molecule has 2 heterocycles. The molecule has 2 aromatic heterocycles. The van der Waals surface area contributed by atoms with Gasteiger partial charge in [0.1, 0.15) is 11.4 Å². The van der Waals surface area contributed by atoms with Crippen LogP contribution >= 0.6 is 0 Å². The van der Waals surface area contributed by atoms with E-state index in [1.807, 2.05) is 6.92 Å². The Bertz CT molecular complexity index is 1270. The van der Waals surface area contributed by atoms with Crippen molar-refractivity contribution in [3.63, 3.8) is 0 Å². The van der Waals surface area contributed by atoms with Crippen molar-refractivity contribution in [1.29, 1.82) is 0 Å². The molecule has 3 aromatic rings. The van der Waals surface area contributed by atoms with Gasteiger partial charge >= 0.3 is 0 Å². The molecule has 1 aliphatic rings. The minimum Gasteiger partial charge on any atom is -0.381 e. The Morgan fingerprint density at radius 1 is 1.22 bits per heavy atom. The molecule has 0 amide bonds. The molecule has 0 spiro atoms. The van der Waals surface area contributed by atoms with Crippen molar-refractivity contribution in [3.05, 3.63) is 40.0 Å². The lowest BCUT2D eigenvalue weighted by molar-refractivity contribution is 0.393. The van der Waals surface area contributed by atoms with Gasteiger partial charge in [-0.05, 0) is 69.3 Å². The van der Waals surface area contributed by atoms with Crippen LogP contribution in [0, 0.1) is 19.8 Å². The largest absolute Gasteiger partial charge is 0.381 e.